The predicted molar refractivity (Wildman–Crippen MR) is 104 cm³/mol. The monoisotopic (exact) mass is 344 g/mol. The maximum absolute atomic E-state index is 4.31. The molecule has 2 N–H and O–H groups in total. The van der Waals surface area contributed by atoms with Gasteiger partial charge in [0.25, 0.3) is 0 Å². The van der Waals surface area contributed by atoms with Gasteiger partial charge in [0.15, 0.2) is 5.96 Å². The molecule has 0 fully saturated rings. The Kier molecular flexibility index (Phi) is 7.79. The van der Waals surface area contributed by atoms with Gasteiger partial charge < -0.3 is 10.6 Å². The van der Waals surface area contributed by atoms with Crippen molar-refractivity contribution in [2.45, 2.75) is 33.5 Å². The van der Waals surface area contributed by atoms with Crippen molar-refractivity contribution in [3.05, 3.63) is 57.8 Å². The van der Waals surface area contributed by atoms with Gasteiger partial charge in [-0.25, -0.2) is 0 Å². The lowest BCUT2D eigenvalue weighted by atomic mass is 10.1. The zero-order chi connectivity index (χ0) is 17.2. The maximum atomic E-state index is 4.31. The van der Waals surface area contributed by atoms with Crippen LogP contribution >= 0.6 is 11.3 Å². The van der Waals surface area contributed by atoms with E-state index in [-0.39, 0.29) is 0 Å². The fraction of sp³-hybridized carbons (Fsp3) is 0.421. The second-order valence-corrected chi connectivity index (χ2v) is 6.62. The van der Waals surface area contributed by atoms with Gasteiger partial charge in [-0.15, -0.1) is 11.3 Å². The molecule has 130 valence electrons. The summed E-state index contributed by atoms with van der Waals surface area (Å²) in [7, 11) is 1.81. The first-order valence-corrected chi connectivity index (χ1v) is 9.40. The van der Waals surface area contributed by atoms with Crippen LogP contribution in [0.25, 0.3) is 0 Å². The molecule has 1 heterocycles. The molecule has 0 aliphatic rings. The van der Waals surface area contributed by atoms with Crippen LogP contribution in [0.4, 0.5) is 0 Å². The molecule has 0 saturated carbocycles. The highest BCUT2D eigenvalue weighted by molar-refractivity contribution is 7.09. The van der Waals surface area contributed by atoms with Crippen LogP contribution in [0.1, 0.15) is 29.9 Å². The zero-order valence-corrected chi connectivity index (χ0v) is 15.7. The minimum Gasteiger partial charge on any atom is -0.352 e. The highest BCUT2D eigenvalue weighted by Gasteiger charge is 2.07. The lowest BCUT2D eigenvalue weighted by Crippen LogP contribution is -2.36. The minimum atomic E-state index is 0.779. The Labute approximate surface area is 149 Å². The molecule has 0 aliphatic heterocycles. The standard InChI is InChI=1S/C19H28N4S/c1-4-23(5-2)15-17-10-7-6-9-16(17)13-21-19(20-3)22-14-18-11-8-12-24-18/h6-12H,4-5,13-15H2,1-3H3,(H2,20,21,22). The molecule has 0 unspecified atom stereocenters. The van der Waals surface area contributed by atoms with Crippen molar-refractivity contribution in [2.24, 2.45) is 4.99 Å². The van der Waals surface area contributed by atoms with E-state index in [2.05, 4.69) is 76.2 Å². The lowest BCUT2D eigenvalue weighted by Gasteiger charge is -2.20. The minimum absolute atomic E-state index is 0.779. The summed E-state index contributed by atoms with van der Waals surface area (Å²) in [5.41, 5.74) is 2.70. The Morgan fingerprint density at radius 3 is 2.33 bits per heavy atom. The first-order valence-electron chi connectivity index (χ1n) is 8.52. The number of aliphatic imine (C=N–C) groups is 1. The van der Waals surface area contributed by atoms with E-state index in [1.54, 1.807) is 11.3 Å². The quantitative estimate of drug-likeness (QED) is 0.569. The Morgan fingerprint density at radius 1 is 1.00 bits per heavy atom. The summed E-state index contributed by atoms with van der Waals surface area (Å²) in [6, 6.07) is 12.8. The summed E-state index contributed by atoms with van der Waals surface area (Å²) >= 11 is 1.75. The van der Waals surface area contributed by atoms with Crippen LogP contribution in [0.5, 0.6) is 0 Å². The predicted octanol–water partition coefficient (Wildman–Crippen LogP) is 3.46. The summed E-state index contributed by atoms with van der Waals surface area (Å²) in [6.07, 6.45) is 0. The molecule has 2 aromatic rings. The molecule has 0 amide bonds. The summed E-state index contributed by atoms with van der Waals surface area (Å²) in [5.74, 6) is 0.834. The third-order valence-electron chi connectivity index (χ3n) is 4.09. The van der Waals surface area contributed by atoms with E-state index in [1.807, 2.05) is 7.05 Å². The van der Waals surface area contributed by atoms with Crippen LogP contribution in [-0.2, 0) is 19.6 Å². The molecule has 0 radical (unpaired) electrons. The molecule has 1 aromatic carbocycles. The van der Waals surface area contributed by atoms with Crippen molar-refractivity contribution in [3.8, 4) is 0 Å². The van der Waals surface area contributed by atoms with Crippen molar-refractivity contribution in [3.63, 3.8) is 0 Å². The second kappa shape index (κ2) is 10.1. The van der Waals surface area contributed by atoms with Crippen molar-refractivity contribution >= 4 is 17.3 Å². The molecule has 2 rings (SSSR count). The van der Waals surface area contributed by atoms with Gasteiger partial charge in [0, 0.05) is 25.0 Å². The van der Waals surface area contributed by atoms with Crippen LogP contribution < -0.4 is 10.6 Å². The van der Waals surface area contributed by atoms with Gasteiger partial charge in [-0.2, -0.15) is 0 Å². The van der Waals surface area contributed by atoms with E-state index >= 15 is 0 Å². The van der Waals surface area contributed by atoms with E-state index < -0.39 is 0 Å². The average Bonchev–Trinajstić information content (AvgIpc) is 3.14. The summed E-state index contributed by atoms with van der Waals surface area (Å²) in [6.45, 7) is 9.14. The number of hydrogen-bond acceptors (Lipinski definition) is 3. The molecule has 4 nitrogen and oxygen atoms in total. The Balaban J connectivity index is 1.92. The smallest absolute Gasteiger partial charge is 0.191 e. The topological polar surface area (TPSA) is 39.7 Å². The molecule has 5 heteroatoms. The molecule has 0 saturated heterocycles. The van der Waals surface area contributed by atoms with Gasteiger partial charge in [-0.1, -0.05) is 44.2 Å². The van der Waals surface area contributed by atoms with Gasteiger partial charge in [-0.3, -0.25) is 9.89 Å². The fourth-order valence-electron chi connectivity index (χ4n) is 2.56. The van der Waals surface area contributed by atoms with Crippen molar-refractivity contribution in [1.82, 2.24) is 15.5 Å². The Morgan fingerprint density at radius 2 is 1.71 bits per heavy atom. The van der Waals surface area contributed by atoms with Crippen molar-refractivity contribution < 1.29 is 0 Å². The van der Waals surface area contributed by atoms with Gasteiger partial charge in [0.1, 0.15) is 0 Å². The molecule has 0 aliphatic carbocycles. The highest BCUT2D eigenvalue weighted by Crippen LogP contribution is 2.12. The van der Waals surface area contributed by atoms with Crippen LogP contribution in [0.3, 0.4) is 0 Å². The van der Waals surface area contributed by atoms with E-state index in [0.29, 0.717) is 0 Å². The SMILES string of the molecule is CCN(CC)Cc1ccccc1CNC(=NC)NCc1cccs1. The first kappa shape index (κ1) is 18.5. The van der Waals surface area contributed by atoms with Crippen LogP contribution in [0.15, 0.2) is 46.8 Å². The number of rotatable bonds is 8. The summed E-state index contributed by atoms with van der Waals surface area (Å²) < 4.78 is 0. The van der Waals surface area contributed by atoms with Crippen molar-refractivity contribution in [2.75, 3.05) is 20.1 Å². The van der Waals surface area contributed by atoms with E-state index in [0.717, 1.165) is 38.7 Å². The molecular weight excluding hydrogens is 316 g/mol. The van der Waals surface area contributed by atoms with E-state index in [4.69, 9.17) is 0 Å². The molecular formula is C19H28N4S. The highest BCUT2D eigenvalue weighted by atomic mass is 32.1. The zero-order valence-electron chi connectivity index (χ0n) is 14.9. The van der Waals surface area contributed by atoms with E-state index in [9.17, 15) is 0 Å². The number of nitrogens with one attached hydrogen (secondary N) is 2. The lowest BCUT2D eigenvalue weighted by molar-refractivity contribution is 0.295. The third-order valence-corrected chi connectivity index (χ3v) is 4.96. The van der Waals surface area contributed by atoms with Crippen molar-refractivity contribution in [1.29, 1.82) is 0 Å². The number of benzene rings is 1. The van der Waals surface area contributed by atoms with Gasteiger partial charge >= 0.3 is 0 Å². The number of thiophene rings is 1. The van der Waals surface area contributed by atoms with Gasteiger partial charge in [0.05, 0.1) is 6.54 Å². The Hall–Kier alpha value is -1.85. The number of nitrogens with zero attached hydrogens (tertiary/aromatic N) is 2. The molecule has 0 spiro atoms. The van der Waals surface area contributed by atoms with Crippen LogP contribution in [0, 0.1) is 0 Å². The van der Waals surface area contributed by atoms with Crippen LogP contribution in [0.2, 0.25) is 0 Å². The van der Waals surface area contributed by atoms with E-state index in [1.165, 1.54) is 16.0 Å². The maximum Gasteiger partial charge on any atom is 0.191 e. The average molecular weight is 345 g/mol. The number of guanidine groups is 1. The largest absolute Gasteiger partial charge is 0.352 e. The molecule has 0 bridgehead atoms. The third kappa shape index (κ3) is 5.65. The molecule has 0 atom stereocenters. The molecule has 1 aromatic heterocycles. The second-order valence-electron chi connectivity index (χ2n) is 5.59. The summed E-state index contributed by atoms with van der Waals surface area (Å²) in [4.78, 5) is 8.05. The molecule has 24 heavy (non-hydrogen) atoms. The summed E-state index contributed by atoms with van der Waals surface area (Å²) in [5, 5.41) is 8.88. The fourth-order valence-corrected chi connectivity index (χ4v) is 3.20. The number of hydrogen-bond donors (Lipinski definition) is 2. The Bertz CT molecular complexity index is 618. The van der Waals surface area contributed by atoms with Crippen LogP contribution in [-0.4, -0.2) is 31.0 Å². The first-order chi connectivity index (χ1) is 11.8. The van der Waals surface area contributed by atoms with Gasteiger partial charge in [0.2, 0.25) is 0 Å². The normalized spacial score (nSPS) is 11.8. The van der Waals surface area contributed by atoms with Gasteiger partial charge in [-0.05, 0) is 35.7 Å².